The molecular formula is C11H11N3O2S. The second kappa shape index (κ2) is 5.33. The van der Waals surface area contributed by atoms with E-state index in [9.17, 15) is 8.42 Å². The first-order chi connectivity index (χ1) is 8.03. The summed E-state index contributed by atoms with van der Waals surface area (Å²) in [5.41, 5.74) is 0.790. The minimum absolute atomic E-state index is 0.224. The van der Waals surface area contributed by atoms with Crippen LogP contribution in [-0.2, 0) is 10.0 Å². The maximum Gasteiger partial charge on any atom is 0.249 e. The molecule has 1 aromatic carbocycles. The van der Waals surface area contributed by atoms with Crippen LogP contribution < -0.4 is 4.72 Å². The number of rotatable bonds is 4. The normalized spacial score (nSPS) is 12.2. The molecule has 0 fully saturated rings. The Morgan fingerprint density at radius 2 is 1.88 bits per heavy atom. The minimum atomic E-state index is -3.69. The zero-order chi connectivity index (χ0) is 12.9. The first kappa shape index (κ1) is 13.0. The van der Waals surface area contributed by atoms with Gasteiger partial charge in [0.1, 0.15) is 0 Å². The molecule has 0 heterocycles. The van der Waals surface area contributed by atoms with Crippen LogP contribution in [0.5, 0.6) is 0 Å². The Kier molecular flexibility index (Phi) is 4.08. The number of hydrogen-bond donors (Lipinski definition) is 1. The Bertz CT molecular complexity index is 564. The molecule has 1 atom stereocenters. The zero-order valence-electron chi connectivity index (χ0n) is 9.21. The van der Waals surface area contributed by atoms with E-state index >= 15 is 0 Å². The Labute approximate surface area is 100 Å². The van der Waals surface area contributed by atoms with Gasteiger partial charge in [-0.1, -0.05) is 6.92 Å². The van der Waals surface area contributed by atoms with E-state index in [4.69, 9.17) is 10.5 Å². The average molecular weight is 249 g/mol. The summed E-state index contributed by atoms with van der Waals surface area (Å²) in [6, 6.07) is 9.65. The molecule has 0 radical (unpaired) electrons. The number of nitrogens with zero attached hydrogens (tertiary/aromatic N) is 2. The van der Waals surface area contributed by atoms with E-state index in [-0.39, 0.29) is 6.42 Å². The number of anilines is 1. The predicted octanol–water partition coefficient (Wildman–Crippen LogP) is 1.60. The van der Waals surface area contributed by atoms with E-state index in [0.717, 1.165) is 0 Å². The van der Waals surface area contributed by atoms with Gasteiger partial charge in [0.2, 0.25) is 10.0 Å². The fraction of sp³-hybridized carbons (Fsp3) is 0.273. The standard InChI is InChI=1S/C11H11N3O2S/c1-2-11(8-13)17(15,16)14-10-5-3-9(7-12)4-6-10/h3-6,11,14H,2H2,1H3/t11-/m1/s1. The number of nitrogens with one attached hydrogen (secondary N) is 1. The van der Waals surface area contributed by atoms with Crippen LogP contribution in [0.2, 0.25) is 0 Å². The van der Waals surface area contributed by atoms with Crippen LogP contribution in [0.3, 0.4) is 0 Å². The lowest BCUT2D eigenvalue weighted by Crippen LogP contribution is -2.25. The van der Waals surface area contributed by atoms with Crippen molar-refractivity contribution in [2.45, 2.75) is 18.6 Å². The summed E-state index contributed by atoms with van der Waals surface area (Å²) in [6.45, 7) is 1.63. The second-order valence-corrected chi connectivity index (χ2v) is 5.23. The van der Waals surface area contributed by atoms with Gasteiger partial charge in [0.05, 0.1) is 17.7 Å². The molecule has 6 heteroatoms. The second-order valence-electron chi connectivity index (χ2n) is 3.36. The third-order valence-electron chi connectivity index (χ3n) is 2.16. The van der Waals surface area contributed by atoms with E-state index in [2.05, 4.69) is 4.72 Å². The van der Waals surface area contributed by atoms with Gasteiger partial charge in [0, 0.05) is 5.69 Å². The molecule has 0 spiro atoms. The lowest BCUT2D eigenvalue weighted by molar-refractivity contribution is 0.593. The SMILES string of the molecule is CC[C@H](C#N)S(=O)(=O)Nc1ccc(C#N)cc1. The van der Waals surface area contributed by atoms with Crippen LogP contribution in [0, 0.1) is 22.7 Å². The summed E-state index contributed by atoms with van der Waals surface area (Å²) in [5, 5.41) is 16.2. The molecule has 0 amide bonds. The summed E-state index contributed by atoms with van der Waals surface area (Å²) < 4.78 is 25.7. The van der Waals surface area contributed by atoms with Gasteiger partial charge >= 0.3 is 0 Å². The topological polar surface area (TPSA) is 93.8 Å². The van der Waals surface area contributed by atoms with E-state index in [1.165, 1.54) is 24.3 Å². The number of hydrogen-bond acceptors (Lipinski definition) is 4. The quantitative estimate of drug-likeness (QED) is 0.876. The van der Waals surface area contributed by atoms with Crippen LogP contribution >= 0.6 is 0 Å². The summed E-state index contributed by atoms with van der Waals surface area (Å²) >= 11 is 0. The molecule has 1 rings (SSSR count). The van der Waals surface area contributed by atoms with E-state index in [0.29, 0.717) is 11.3 Å². The van der Waals surface area contributed by atoms with Crippen molar-refractivity contribution in [3.8, 4) is 12.1 Å². The first-order valence-electron chi connectivity index (χ1n) is 4.95. The molecule has 1 N–H and O–H groups in total. The Morgan fingerprint density at radius 3 is 2.29 bits per heavy atom. The Hall–Kier alpha value is -2.05. The molecule has 88 valence electrons. The zero-order valence-corrected chi connectivity index (χ0v) is 10.0. The summed E-state index contributed by atoms with van der Waals surface area (Å²) in [7, 11) is -3.69. The fourth-order valence-electron chi connectivity index (χ4n) is 1.23. The molecule has 0 unspecified atom stereocenters. The molecule has 17 heavy (non-hydrogen) atoms. The highest BCUT2D eigenvalue weighted by Gasteiger charge is 2.23. The van der Waals surface area contributed by atoms with Gasteiger partial charge in [0.15, 0.2) is 5.25 Å². The monoisotopic (exact) mass is 249 g/mol. The molecule has 0 bridgehead atoms. The maximum atomic E-state index is 11.7. The Morgan fingerprint density at radius 1 is 1.29 bits per heavy atom. The lowest BCUT2D eigenvalue weighted by atomic mass is 10.2. The first-order valence-corrected chi connectivity index (χ1v) is 6.49. The van der Waals surface area contributed by atoms with Gasteiger partial charge in [-0.2, -0.15) is 10.5 Å². The molecule has 0 aromatic heterocycles. The van der Waals surface area contributed by atoms with Crippen LogP contribution in [0.25, 0.3) is 0 Å². The number of sulfonamides is 1. The molecule has 0 aliphatic rings. The van der Waals surface area contributed by atoms with Crippen molar-refractivity contribution in [1.29, 1.82) is 10.5 Å². The summed E-state index contributed by atoms with van der Waals surface area (Å²) in [5.74, 6) is 0. The Balaban J connectivity index is 2.92. The van der Waals surface area contributed by atoms with Gasteiger partial charge in [-0.15, -0.1) is 0 Å². The van der Waals surface area contributed by atoms with Gasteiger partial charge in [0.25, 0.3) is 0 Å². The highest BCUT2D eigenvalue weighted by Crippen LogP contribution is 2.14. The molecule has 5 nitrogen and oxygen atoms in total. The number of benzene rings is 1. The smallest absolute Gasteiger partial charge is 0.249 e. The van der Waals surface area contributed by atoms with Crippen LogP contribution in [0.1, 0.15) is 18.9 Å². The van der Waals surface area contributed by atoms with Crippen molar-refractivity contribution >= 4 is 15.7 Å². The van der Waals surface area contributed by atoms with Crippen LogP contribution in [-0.4, -0.2) is 13.7 Å². The van der Waals surface area contributed by atoms with Gasteiger partial charge in [-0.25, -0.2) is 8.42 Å². The maximum absolute atomic E-state index is 11.7. The van der Waals surface area contributed by atoms with Crippen LogP contribution in [0.15, 0.2) is 24.3 Å². The third kappa shape index (κ3) is 3.20. The highest BCUT2D eigenvalue weighted by atomic mass is 32.2. The van der Waals surface area contributed by atoms with E-state index in [1.54, 1.807) is 13.0 Å². The van der Waals surface area contributed by atoms with Crippen molar-refractivity contribution in [3.63, 3.8) is 0 Å². The lowest BCUT2D eigenvalue weighted by Gasteiger charge is -2.10. The van der Waals surface area contributed by atoms with Crippen LogP contribution in [0.4, 0.5) is 5.69 Å². The van der Waals surface area contributed by atoms with Crippen molar-refractivity contribution < 1.29 is 8.42 Å². The van der Waals surface area contributed by atoms with Crippen molar-refractivity contribution in [2.75, 3.05) is 4.72 Å². The molecular weight excluding hydrogens is 238 g/mol. The molecule has 0 saturated heterocycles. The summed E-state index contributed by atoms with van der Waals surface area (Å²) in [4.78, 5) is 0. The summed E-state index contributed by atoms with van der Waals surface area (Å²) in [6.07, 6.45) is 0.224. The predicted molar refractivity (Wildman–Crippen MR) is 63.4 cm³/mol. The van der Waals surface area contributed by atoms with Crippen molar-refractivity contribution in [1.82, 2.24) is 0 Å². The van der Waals surface area contributed by atoms with Gasteiger partial charge in [-0.3, -0.25) is 4.72 Å². The fourth-order valence-corrected chi connectivity index (χ4v) is 2.41. The van der Waals surface area contributed by atoms with Gasteiger partial charge in [-0.05, 0) is 30.7 Å². The highest BCUT2D eigenvalue weighted by molar-refractivity contribution is 7.93. The van der Waals surface area contributed by atoms with Gasteiger partial charge < -0.3 is 0 Å². The average Bonchev–Trinajstić information content (AvgIpc) is 2.30. The van der Waals surface area contributed by atoms with E-state index < -0.39 is 15.3 Å². The molecule has 0 aliphatic heterocycles. The molecule has 0 aliphatic carbocycles. The number of nitriles is 2. The molecule has 0 saturated carbocycles. The molecule has 1 aromatic rings. The third-order valence-corrected chi connectivity index (χ3v) is 3.87. The largest absolute Gasteiger partial charge is 0.282 e. The van der Waals surface area contributed by atoms with E-state index in [1.807, 2.05) is 6.07 Å². The van der Waals surface area contributed by atoms with Crippen molar-refractivity contribution in [3.05, 3.63) is 29.8 Å². The van der Waals surface area contributed by atoms with Crippen molar-refractivity contribution in [2.24, 2.45) is 0 Å². The minimum Gasteiger partial charge on any atom is -0.282 e.